The molecule has 0 unspecified atom stereocenters. The second-order valence-electron chi connectivity index (χ2n) is 6.05. The Hall–Kier alpha value is -2.42. The minimum Gasteiger partial charge on any atom is -0.496 e. The van der Waals surface area contributed by atoms with Gasteiger partial charge in [0.15, 0.2) is 0 Å². The van der Waals surface area contributed by atoms with Gasteiger partial charge in [0.2, 0.25) is 5.95 Å². The molecule has 0 spiro atoms. The number of hydrogen-bond acceptors (Lipinski definition) is 7. The lowest BCUT2D eigenvalue weighted by molar-refractivity contribution is -0.0136. The molecule has 3 heterocycles. The van der Waals surface area contributed by atoms with Crippen LogP contribution in [-0.4, -0.2) is 57.7 Å². The highest BCUT2D eigenvalue weighted by Crippen LogP contribution is 2.35. The lowest BCUT2D eigenvalue weighted by atomic mass is 10.1. The number of nitrogens with one attached hydrogen (secondary N) is 2. The second kappa shape index (κ2) is 7.06. The Labute approximate surface area is 154 Å². The highest BCUT2D eigenvalue weighted by atomic mass is 35.5. The van der Waals surface area contributed by atoms with Gasteiger partial charge in [-0.3, -0.25) is 5.10 Å². The van der Waals surface area contributed by atoms with Crippen molar-refractivity contribution in [3.8, 4) is 17.0 Å². The summed E-state index contributed by atoms with van der Waals surface area (Å²) in [5, 5.41) is 21.5. The zero-order chi connectivity index (χ0) is 18.1. The third-order valence-corrected chi connectivity index (χ3v) is 4.71. The van der Waals surface area contributed by atoms with Crippen molar-refractivity contribution in [1.29, 1.82) is 0 Å². The van der Waals surface area contributed by atoms with Gasteiger partial charge in [0.05, 0.1) is 59.9 Å². The van der Waals surface area contributed by atoms with E-state index >= 15 is 0 Å². The fourth-order valence-corrected chi connectivity index (χ4v) is 3.26. The van der Waals surface area contributed by atoms with E-state index in [-0.39, 0.29) is 6.04 Å². The van der Waals surface area contributed by atoms with Gasteiger partial charge in [-0.25, -0.2) is 9.97 Å². The van der Waals surface area contributed by atoms with Gasteiger partial charge in [0.1, 0.15) is 5.75 Å². The normalized spacial score (nSPS) is 20.3. The van der Waals surface area contributed by atoms with E-state index < -0.39 is 6.10 Å². The molecule has 0 radical (unpaired) electrons. The average molecular weight is 376 g/mol. The van der Waals surface area contributed by atoms with Crippen LogP contribution in [0.1, 0.15) is 6.42 Å². The summed E-state index contributed by atoms with van der Waals surface area (Å²) in [7, 11) is 1.61. The fraction of sp³-hybridized carbons (Fsp3) is 0.353. The van der Waals surface area contributed by atoms with Crippen molar-refractivity contribution in [2.24, 2.45) is 0 Å². The number of anilines is 1. The summed E-state index contributed by atoms with van der Waals surface area (Å²) in [6.45, 7) is 0.883. The molecule has 2 aromatic heterocycles. The predicted molar refractivity (Wildman–Crippen MR) is 97.5 cm³/mol. The van der Waals surface area contributed by atoms with Crippen molar-refractivity contribution in [2.75, 3.05) is 25.6 Å². The predicted octanol–water partition coefficient (Wildman–Crippen LogP) is 2.24. The monoisotopic (exact) mass is 375 g/mol. The minimum absolute atomic E-state index is 0.166. The van der Waals surface area contributed by atoms with Gasteiger partial charge in [0, 0.05) is 12.2 Å². The molecule has 3 N–H and O–H groups in total. The Morgan fingerprint density at radius 3 is 3.08 bits per heavy atom. The van der Waals surface area contributed by atoms with Crippen LogP contribution in [0.25, 0.3) is 22.2 Å². The van der Waals surface area contributed by atoms with E-state index in [0.717, 1.165) is 16.5 Å². The van der Waals surface area contributed by atoms with E-state index in [9.17, 15) is 5.11 Å². The van der Waals surface area contributed by atoms with E-state index in [0.29, 0.717) is 42.0 Å². The summed E-state index contributed by atoms with van der Waals surface area (Å²) >= 11 is 6.36. The molecule has 9 heteroatoms. The lowest BCUT2D eigenvalue weighted by Gasteiger charge is -2.28. The first-order chi connectivity index (χ1) is 12.7. The smallest absolute Gasteiger partial charge is 0.223 e. The van der Waals surface area contributed by atoms with Crippen LogP contribution in [0.15, 0.2) is 24.5 Å². The fourth-order valence-electron chi connectivity index (χ4n) is 3.07. The number of benzene rings is 1. The average Bonchev–Trinajstić information content (AvgIpc) is 3.14. The summed E-state index contributed by atoms with van der Waals surface area (Å²) in [6, 6.07) is 3.56. The van der Waals surface area contributed by atoms with Crippen LogP contribution in [-0.2, 0) is 4.74 Å². The largest absolute Gasteiger partial charge is 0.496 e. The summed E-state index contributed by atoms with van der Waals surface area (Å²) in [4.78, 5) is 8.80. The van der Waals surface area contributed by atoms with Crippen molar-refractivity contribution in [1.82, 2.24) is 20.2 Å². The first-order valence-corrected chi connectivity index (χ1v) is 8.60. The molecule has 8 nitrogen and oxygen atoms in total. The molecule has 0 amide bonds. The lowest BCUT2D eigenvalue weighted by Crippen LogP contribution is -2.42. The summed E-state index contributed by atoms with van der Waals surface area (Å²) in [5.74, 6) is 1.12. The van der Waals surface area contributed by atoms with E-state index in [1.54, 1.807) is 19.5 Å². The van der Waals surface area contributed by atoms with E-state index in [1.165, 1.54) is 0 Å². The van der Waals surface area contributed by atoms with E-state index in [1.807, 2.05) is 12.1 Å². The number of rotatable bonds is 4. The van der Waals surface area contributed by atoms with Crippen LogP contribution in [0.5, 0.6) is 5.75 Å². The van der Waals surface area contributed by atoms with Crippen molar-refractivity contribution in [3.63, 3.8) is 0 Å². The molecule has 1 saturated heterocycles. The SMILES string of the molecule is COc1ccc(-c2nc(N[C@@H]3CCOC[C@H]3O)ncc2Cl)c2[nH]ncc12. The molecule has 4 rings (SSSR count). The van der Waals surface area contributed by atoms with Crippen molar-refractivity contribution < 1.29 is 14.6 Å². The number of ether oxygens (including phenoxy) is 2. The molecule has 2 atom stereocenters. The van der Waals surface area contributed by atoms with Crippen LogP contribution in [0.3, 0.4) is 0 Å². The Balaban J connectivity index is 1.72. The number of fused-ring (bicyclic) bond motifs is 1. The van der Waals surface area contributed by atoms with Gasteiger partial charge in [-0.05, 0) is 18.6 Å². The molecule has 0 saturated carbocycles. The zero-order valence-electron chi connectivity index (χ0n) is 14.1. The number of H-pyrrole nitrogens is 1. The van der Waals surface area contributed by atoms with Crippen LogP contribution < -0.4 is 10.1 Å². The Kier molecular flexibility index (Phi) is 4.62. The van der Waals surface area contributed by atoms with E-state index in [4.69, 9.17) is 21.1 Å². The van der Waals surface area contributed by atoms with Crippen LogP contribution in [0, 0.1) is 0 Å². The molecule has 3 aromatic rings. The van der Waals surface area contributed by atoms with Gasteiger partial charge >= 0.3 is 0 Å². The van der Waals surface area contributed by atoms with Crippen LogP contribution >= 0.6 is 11.6 Å². The van der Waals surface area contributed by atoms with Crippen LogP contribution in [0.2, 0.25) is 5.02 Å². The standard InChI is InChI=1S/C17H18ClN5O3/c1-25-14-3-2-9(15-10(14)6-20-23-15)16-11(18)7-19-17(22-16)21-12-4-5-26-8-13(12)24/h2-3,6-7,12-13,24H,4-5,8H2,1H3,(H,20,23)(H,19,21,22)/t12-,13-/m1/s1. The van der Waals surface area contributed by atoms with Crippen molar-refractivity contribution >= 4 is 28.5 Å². The van der Waals surface area contributed by atoms with Crippen molar-refractivity contribution in [2.45, 2.75) is 18.6 Å². The van der Waals surface area contributed by atoms with Gasteiger partial charge in [-0.2, -0.15) is 5.10 Å². The number of aliphatic hydroxyl groups is 1. The molecule has 1 fully saturated rings. The Bertz CT molecular complexity index is 932. The maximum atomic E-state index is 10.0. The maximum absolute atomic E-state index is 10.0. The van der Waals surface area contributed by atoms with Gasteiger partial charge in [-0.15, -0.1) is 0 Å². The Morgan fingerprint density at radius 2 is 2.27 bits per heavy atom. The second-order valence-corrected chi connectivity index (χ2v) is 6.45. The van der Waals surface area contributed by atoms with Gasteiger partial charge in [0.25, 0.3) is 0 Å². The molecule has 1 aliphatic heterocycles. The summed E-state index contributed by atoms with van der Waals surface area (Å²) in [6.07, 6.45) is 3.32. The summed E-state index contributed by atoms with van der Waals surface area (Å²) in [5.41, 5.74) is 2.14. The first kappa shape index (κ1) is 17.0. The quantitative estimate of drug-likeness (QED) is 0.642. The molecule has 1 aliphatic rings. The molecule has 136 valence electrons. The molecular weight excluding hydrogens is 358 g/mol. The molecule has 1 aromatic carbocycles. The zero-order valence-corrected chi connectivity index (χ0v) is 14.8. The highest BCUT2D eigenvalue weighted by molar-refractivity contribution is 6.33. The molecule has 0 bridgehead atoms. The number of halogens is 1. The third-order valence-electron chi connectivity index (χ3n) is 4.44. The minimum atomic E-state index is -0.605. The van der Waals surface area contributed by atoms with Crippen LogP contribution in [0.4, 0.5) is 5.95 Å². The maximum Gasteiger partial charge on any atom is 0.223 e. The van der Waals surface area contributed by atoms with Gasteiger partial charge in [-0.1, -0.05) is 11.6 Å². The first-order valence-electron chi connectivity index (χ1n) is 8.22. The molecular formula is C17H18ClN5O3. The third kappa shape index (κ3) is 3.07. The van der Waals surface area contributed by atoms with Gasteiger partial charge < -0.3 is 19.9 Å². The number of methoxy groups -OCH3 is 1. The number of nitrogens with zero attached hydrogens (tertiary/aromatic N) is 3. The summed E-state index contributed by atoms with van der Waals surface area (Å²) < 4.78 is 10.6. The van der Waals surface area contributed by atoms with Crippen molar-refractivity contribution in [3.05, 3.63) is 29.5 Å². The number of aromatic amines is 1. The Morgan fingerprint density at radius 1 is 1.38 bits per heavy atom. The number of hydrogen-bond donors (Lipinski definition) is 3. The topological polar surface area (TPSA) is 105 Å². The molecule has 0 aliphatic carbocycles. The van der Waals surface area contributed by atoms with E-state index in [2.05, 4.69) is 25.5 Å². The highest BCUT2D eigenvalue weighted by Gasteiger charge is 2.24. The molecule has 26 heavy (non-hydrogen) atoms. The number of aromatic nitrogens is 4. The number of aliphatic hydroxyl groups excluding tert-OH is 1.